The zero-order chi connectivity index (χ0) is 13.5. The lowest BCUT2D eigenvalue weighted by Crippen LogP contribution is -2.18. The van der Waals surface area contributed by atoms with Crippen molar-refractivity contribution in [2.24, 2.45) is 0 Å². The maximum absolute atomic E-state index is 5.52. The van der Waals surface area contributed by atoms with Crippen molar-refractivity contribution in [2.45, 2.75) is 50.8 Å². The molecule has 1 aromatic heterocycles. The van der Waals surface area contributed by atoms with E-state index in [0.717, 1.165) is 11.7 Å². The molecule has 0 spiro atoms. The minimum absolute atomic E-state index is 0.505. The minimum Gasteiger partial charge on any atom is -0.478 e. The molecule has 2 rings (SSSR count). The van der Waals surface area contributed by atoms with Gasteiger partial charge in [-0.15, -0.1) is 0 Å². The van der Waals surface area contributed by atoms with Gasteiger partial charge in [0.05, 0.1) is 6.61 Å². The van der Waals surface area contributed by atoms with Crippen LogP contribution < -0.4 is 10.1 Å². The molecule has 2 unspecified atom stereocenters. The molecule has 19 heavy (non-hydrogen) atoms. The van der Waals surface area contributed by atoms with Gasteiger partial charge in [-0.3, -0.25) is 0 Å². The van der Waals surface area contributed by atoms with Crippen molar-refractivity contribution in [2.75, 3.05) is 17.7 Å². The molecule has 1 aromatic rings. The van der Waals surface area contributed by atoms with E-state index in [-0.39, 0.29) is 0 Å². The molecule has 0 saturated heterocycles. The van der Waals surface area contributed by atoms with Crippen LogP contribution in [0.2, 0.25) is 0 Å². The number of nitrogens with zero attached hydrogens (tertiary/aromatic N) is 2. The van der Waals surface area contributed by atoms with Crippen LogP contribution in [0.4, 0.5) is 5.95 Å². The molecular formula is C14H23N3OS. The Morgan fingerprint density at radius 2 is 2.32 bits per heavy atom. The number of rotatable bonds is 7. The molecule has 1 aliphatic carbocycles. The van der Waals surface area contributed by atoms with Crippen LogP contribution in [-0.2, 0) is 0 Å². The Bertz CT molecular complexity index is 389. The summed E-state index contributed by atoms with van der Waals surface area (Å²) >= 11 is 2.06. The van der Waals surface area contributed by atoms with E-state index in [1.807, 2.05) is 6.07 Å². The van der Waals surface area contributed by atoms with Gasteiger partial charge < -0.3 is 10.1 Å². The molecule has 4 nitrogen and oxygen atoms in total. The summed E-state index contributed by atoms with van der Waals surface area (Å²) in [7, 11) is 0. The van der Waals surface area contributed by atoms with Crippen LogP contribution in [-0.4, -0.2) is 33.6 Å². The topological polar surface area (TPSA) is 47.0 Å². The van der Waals surface area contributed by atoms with Crippen molar-refractivity contribution in [1.82, 2.24) is 9.97 Å². The van der Waals surface area contributed by atoms with Crippen LogP contribution in [0.1, 0.15) is 39.5 Å². The highest BCUT2D eigenvalue weighted by atomic mass is 32.2. The fourth-order valence-corrected chi connectivity index (χ4v) is 3.48. The highest BCUT2D eigenvalue weighted by Gasteiger charge is 2.24. The van der Waals surface area contributed by atoms with E-state index < -0.39 is 0 Å². The SMILES string of the molecule is CCCOc1ccnc(NC2CCC(SCC)C2)n1. The van der Waals surface area contributed by atoms with Crippen LogP contribution in [0.25, 0.3) is 0 Å². The Balaban J connectivity index is 1.85. The van der Waals surface area contributed by atoms with E-state index in [4.69, 9.17) is 4.74 Å². The Kier molecular flexibility index (Phi) is 5.76. The summed E-state index contributed by atoms with van der Waals surface area (Å²) in [4.78, 5) is 8.67. The molecule has 1 N–H and O–H groups in total. The molecule has 0 bridgehead atoms. The quantitative estimate of drug-likeness (QED) is 0.830. The third-order valence-electron chi connectivity index (χ3n) is 3.20. The minimum atomic E-state index is 0.505. The molecule has 106 valence electrons. The van der Waals surface area contributed by atoms with E-state index in [9.17, 15) is 0 Å². The molecule has 0 radical (unpaired) electrons. The Hall–Kier alpha value is -0.970. The van der Waals surface area contributed by atoms with Gasteiger partial charge in [-0.2, -0.15) is 16.7 Å². The highest BCUT2D eigenvalue weighted by molar-refractivity contribution is 7.99. The number of hydrogen-bond acceptors (Lipinski definition) is 5. The summed E-state index contributed by atoms with van der Waals surface area (Å²) in [6.45, 7) is 5.02. The van der Waals surface area contributed by atoms with Crippen molar-refractivity contribution in [3.05, 3.63) is 12.3 Å². The number of thioether (sulfide) groups is 1. The fourth-order valence-electron chi connectivity index (χ4n) is 2.34. The van der Waals surface area contributed by atoms with Gasteiger partial charge in [0.1, 0.15) is 0 Å². The Morgan fingerprint density at radius 3 is 3.11 bits per heavy atom. The van der Waals surface area contributed by atoms with Gasteiger partial charge >= 0.3 is 0 Å². The largest absolute Gasteiger partial charge is 0.478 e. The summed E-state index contributed by atoms with van der Waals surface area (Å²) in [5.41, 5.74) is 0. The second-order valence-electron chi connectivity index (χ2n) is 4.80. The highest BCUT2D eigenvalue weighted by Crippen LogP contribution is 2.31. The van der Waals surface area contributed by atoms with Gasteiger partial charge in [-0.1, -0.05) is 13.8 Å². The van der Waals surface area contributed by atoms with Crippen molar-refractivity contribution in [1.29, 1.82) is 0 Å². The summed E-state index contributed by atoms with van der Waals surface area (Å²) < 4.78 is 5.52. The zero-order valence-corrected chi connectivity index (χ0v) is 12.6. The van der Waals surface area contributed by atoms with Gasteiger partial charge in [0.2, 0.25) is 11.8 Å². The number of nitrogens with one attached hydrogen (secondary N) is 1. The molecular weight excluding hydrogens is 258 g/mol. The molecule has 1 heterocycles. The maximum Gasteiger partial charge on any atom is 0.226 e. The van der Waals surface area contributed by atoms with Crippen LogP contribution in [0.15, 0.2) is 12.3 Å². The van der Waals surface area contributed by atoms with Crippen LogP contribution in [0, 0.1) is 0 Å². The second-order valence-corrected chi connectivity index (χ2v) is 6.38. The number of hydrogen-bond donors (Lipinski definition) is 1. The van der Waals surface area contributed by atoms with E-state index >= 15 is 0 Å². The normalized spacial score (nSPS) is 22.4. The molecule has 1 saturated carbocycles. The maximum atomic E-state index is 5.52. The molecule has 1 aliphatic rings. The van der Waals surface area contributed by atoms with Gasteiger partial charge in [0, 0.05) is 23.6 Å². The first-order valence-corrected chi connectivity index (χ1v) is 8.20. The van der Waals surface area contributed by atoms with Gasteiger partial charge in [0.25, 0.3) is 0 Å². The number of ether oxygens (including phenoxy) is 1. The lowest BCUT2D eigenvalue weighted by Gasteiger charge is -2.13. The number of aromatic nitrogens is 2. The Labute approximate surface area is 119 Å². The van der Waals surface area contributed by atoms with Crippen molar-refractivity contribution in [3.63, 3.8) is 0 Å². The van der Waals surface area contributed by atoms with Crippen molar-refractivity contribution < 1.29 is 4.74 Å². The summed E-state index contributed by atoms with van der Waals surface area (Å²) in [6.07, 6.45) is 6.46. The third kappa shape index (κ3) is 4.56. The first kappa shape index (κ1) is 14.4. The smallest absolute Gasteiger partial charge is 0.226 e. The Morgan fingerprint density at radius 1 is 1.42 bits per heavy atom. The predicted molar refractivity (Wildman–Crippen MR) is 81.0 cm³/mol. The van der Waals surface area contributed by atoms with Crippen LogP contribution in [0.3, 0.4) is 0 Å². The van der Waals surface area contributed by atoms with Crippen LogP contribution in [0.5, 0.6) is 5.88 Å². The summed E-state index contributed by atoms with van der Waals surface area (Å²) in [6, 6.07) is 2.32. The van der Waals surface area contributed by atoms with Gasteiger partial charge in [-0.05, 0) is 31.4 Å². The molecule has 0 aliphatic heterocycles. The number of anilines is 1. The lowest BCUT2D eigenvalue weighted by molar-refractivity contribution is 0.305. The zero-order valence-electron chi connectivity index (χ0n) is 11.8. The van der Waals surface area contributed by atoms with Crippen molar-refractivity contribution >= 4 is 17.7 Å². The standard InChI is InChI=1S/C14H23N3OS/c1-3-9-18-13-7-8-15-14(17-13)16-11-5-6-12(10-11)19-4-2/h7-8,11-12H,3-6,9-10H2,1-2H3,(H,15,16,17). The van der Waals surface area contributed by atoms with E-state index in [0.29, 0.717) is 24.5 Å². The molecule has 0 aromatic carbocycles. The average molecular weight is 281 g/mol. The average Bonchev–Trinajstić information content (AvgIpc) is 2.85. The van der Waals surface area contributed by atoms with E-state index in [1.165, 1.54) is 25.0 Å². The van der Waals surface area contributed by atoms with Gasteiger partial charge in [0.15, 0.2) is 0 Å². The molecule has 1 fully saturated rings. The molecule has 2 atom stereocenters. The second kappa shape index (κ2) is 7.58. The van der Waals surface area contributed by atoms with Crippen LogP contribution >= 0.6 is 11.8 Å². The third-order valence-corrected chi connectivity index (χ3v) is 4.44. The molecule has 0 amide bonds. The summed E-state index contributed by atoms with van der Waals surface area (Å²) in [5, 5.41) is 4.22. The predicted octanol–water partition coefficient (Wildman–Crippen LogP) is 3.35. The van der Waals surface area contributed by atoms with E-state index in [2.05, 4.69) is 40.9 Å². The van der Waals surface area contributed by atoms with Gasteiger partial charge in [-0.25, -0.2) is 4.98 Å². The van der Waals surface area contributed by atoms with E-state index in [1.54, 1.807) is 6.20 Å². The molecule has 5 heteroatoms. The first-order chi connectivity index (χ1) is 9.31. The van der Waals surface area contributed by atoms with Crippen molar-refractivity contribution in [3.8, 4) is 5.88 Å². The first-order valence-electron chi connectivity index (χ1n) is 7.15. The monoisotopic (exact) mass is 281 g/mol. The fraction of sp³-hybridized carbons (Fsp3) is 0.714. The lowest BCUT2D eigenvalue weighted by atomic mass is 10.2. The summed E-state index contributed by atoms with van der Waals surface area (Å²) in [5.74, 6) is 2.56.